The Labute approximate surface area is 164 Å². The molecule has 0 aliphatic carbocycles. The Bertz CT molecular complexity index is 939. The van der Waals surface area contributed by atoms with Gasteiger partial charge in [0.15, 0.2) is 16.6 Å². The third-order valence-electron chi connectivity index (χ3n) is 4.16. The van der Waals surface area contributed by atoms with Gasteiger partial charge in [-0.2, -0.15) is 0 Å². The Balaban J connectivity index is 1.68. The predicted molar refractivity (Wildman–Crippen MR) is 111 cm³/mol. The molecule has 2 aromatic carbocycles. The number of nitrogens with zero attached hydrogens (tertiary/aromatic N) is 2. The van der Waals surface area contributed by atoms with Crippen molar-refractivity contribution in [3.63, 3.8) is 0 Å². The molecule has 1 heterocycles. The number of thiocarbonyl (C=S) groups is 1. The summed E-state index contributed by atoms with van der Waals surface area (Å²) in [5.41, 5.74) is 3.02. The van der Waals surface area contributed by atoms with Crippen molar-refractivity contribution in [2.75, 3.05) is 19.5 Å². The first kappa shape index (κ1) is 18.7. The summed E-state index contributed by atoms with van der Waals surface area (Å²) in [7, 11) is 3.21. The van der Waals surface area contributed by atoms with Crippen LogP contribution in [0.4, 0.5) is 5.69 Å². The Morgan fingerprint density at radius 1 is 1.11 bits per heavy atom. The zero-order chi connectivity index (χ0) is 19.2. The lowest BCUT2D eigenvalue weighted by Crippen LogP contribution is -2.28. The fourth-order valence-corrected chi connectivity index (χ4v) is 2.98. The maximum atomic E-state index is 5.43. The minimum absolute atomic E-state index is 0.527. The normalized spacial score (nSPS) is 10.3. The largest absolute Gasteiger partial charge is 0.493 e. The minimum atomic E-state index is 0.527. The number of para-hydroxylation sites is 1. The summed E-state index contributed by atoms with van der Waals surface area (Å²) >= 11 is 5.43. The molecule has 2 N–H and O–H groups in total. The summed E-state index contributed by atoms with van der Waals surface area (Å²) in [4.78, 5) is 4.30. The molecule has 6 nitrogen and oxygen atoms in total. The monoisotopic (exact) mass is 382 g/mol. The number of benzene rings is 2. The van der Waals surface area contributed by atoms with Crippen LogP contribution in [0.5, 0.6) is 11.5 Å². The number of rotatable bonds is 6. The second kappa shape index (κ2) is 8.55. The molecule has 0 radical (unpaired) electrons. The molecule has 1 aromatic heterocycles. The van der Waals surface area contributed by atoms with E-state index in [2.05, 4.69) is 32.3 Å². The highest BCUT2D eigenvalue weighted by atomic mass is 32.1. The second-order valence-corrected chi connectivity index (χ2v) is 6.26. The first-order valence-electron chi connectivity index (χ1n) is 8.47. The van der Waals surface area contributed by atoms with E-state index in [4.69, 9.17) is 21.7 Å². The first-order chi connectivity index (χ1) is 13.1. The van der Waals surface area contributed by atoms with Gasteiger partial charge < -0.3 is 24.7 Å². The Morgan fingerprint density at radius 2 is 1.89 bits per heavy atom. The van der Waals surface area contributed by atoms with E-state index in [0.29, 0.717) is 23.2 Å². The van der Waals surface area contributed by atoms with Crippen molar-refractivity contribution in [2.45, 2.75) is 13.5 Å². The molecule has 0 saturated heterocycles. The molecule has 140 valence electrons. The molecule has 0 fully saturated rings. The smallest absolute Gasteiger partial charge is 0.171 e. The van der Waals surface area contributed by atoms with E-state index in [0.717, 1.165) is 22.8 Å². The minimum Gasteiger partial charge on any atom is -0.493 e. The highest BCUT2D eigenvalue weighted by Crippen LogP contribution is 2.29. The molecule has 0 bridgehead atoms. The van der Waals surface area contributed by atoms with Gasteiger partial charge in [-0.05, 0) is 42.9 Å². The van der Waals surface area contributed by atoms with Gasteiger partial charge in [0, 0.05) is 30.7 Å². The molecule has 7 heteroatoms. The molecular formula is C20H22N4O2S. The number of methoxy groups -OCH3 is 2. The number of aryl methyl sites for hydroxylation is 1. The average Bonchev–Trinajstić information content (AvgIpc) is 3.12. The zero-order valence-electron chi connectivity index (χ0n) is 15.5. The van der Waals surface area contributed by atoms with Gasteiger partial charge in [0.05, 0.1) is 19.9 Å². The van der Waals surface area contributed by atoms with Gasteiger partial charge in [-0.3, -0.25) is 0 Å². The maximum Gasteiger partial charge on any atom is 0.171 e. The number of aromatic nitrogens is 2. The van der Waals surface area contributed by atoms with E-state index in [-0.39, 0.29) is 0 Å². The second-order valence-electron chi connectivity index (χ2n) is 5.85. The van der Waals surface area contributed by atoms with Crippen molar-refractivity contribution in [1.82, 2.24) is 14.9 Å². The van der Waals surface area contributed by atoms with Crippen LogP contribution in [0.15, 0.2) is 54.9 Å². The molecule has 0 spiro atoms. The predicted octanol–water partition coefficient (Wildman–Crippen LogP) is 3.68. The van der Waals surface area contributed by atoms with E-state index >= 15 is 0 Å². The molecule has 3 aromatic rings. The molecule has 0 aliphatic heterocycles. The number of hydrogen-bond acceptors (Lipinski definition) is 4. The standard InChI is InChI=1S/C20H22N4O2S/c1-14-21-10-11-24(14)17-7-5-4-6-15(17)13-22-20(27)23-16-8-9-18(25-2)19(12-16)26-3/h4-12H,13H2,1-3H3,(H2,22,23,27). The Hall–Kier alpha value is -3.06. The molecule has 0 amide bonds. The highest BCUT2D eigenvalue weighted by Gasteiger charge is 2.08. The van der Waals surface area contributed by atoms with Crippen LogP contribution in [-0.4, -0.2) is 28.9 Å². The van der Waals surface area contributed by atoms with Crippen LogP contribution in [0, 0.1) is 6.92 Å². The van der Waals surface area contributed by atoms with E-state index in [1.165, 1.54) is 0 Å². The topological polar surface area (TPSA) is 60.3 Å². The lowest BCUT2D eigenvalue weighted by Gasteiger charge is -2.15. The molecule has 27 heavy (non-hydrogen) atoms. The fraction of sp³-hybridized carbons (Fsp3) is 0.200. The third-order valence-corrected chi connectivity index (χ3v) is 4.40. The van der Waals surface area contributed by atoms with Crippen LogP contribution in [0.2, 0.25) is 0 Å². The van der Waals surface area contributed by atoms with Crippen LogP contribution in [0.3, 0.4) is 0 Å². The van der Waals surface area contributed by atoms with Crippen LogP contribution in [0.1, 0.15) is 11.4 Å². The fourth-order valence-electron chi connectivity index (χ4n) is 2.79. The third kappa shape index (κ3) is 4.38. The SMILES string of the molecule is COc1ccc(NC(=S)NCc2ccccc2-n2ccnc2C)cc1OC. The van der Waals surface area contributed by atoms with Crippen LogP contribution in [-0.2, 0) is 6.54 Å². The van der Waals surface area contributed by atoms with Crippen molar-refractivity contribution >= 4 is 23.0 Å². The van der Waals surface area contributed by atoms with Gasteiger partial charge in [0.25, 0.3) is 0 Å². The first-order valence-corrected chi connectivity index (χ1v) is 8.88. The van der Waals surface area contributed by atoms with E-state index in [9.17, 15) is 0 Å². The van der Waals surface area contributed by atoms with E-state index in [1.54, 1.807) is 20.4 Å². The summed E-state index contributed by atoms with van der Waals surface area (Å²) in [6.45, 7) is 2.57. The molecular weight excluding hydrogens is 360 g/mol. The highest BCUT2D eigenvalue weighted by molar-refractivity contribution is 7.80. The van der Waals surface area contributed by atoms with Crippen molar-refractivity contribution in [2.24, 2.45) is 0 Å². The number of anilines is 1. The average molecular weight is 382 g/mol. The van der Waals surface area contributed by atoms with Gasteiger partial charge in [0.2, 0.25) is 0 Å². The van der Waals surface area contributed by atoms with Gasteiger partial charge in [-0.25, -0.2) is 4.98 Å². The van der Waals surface area contributed by atoms with E-state index in [1.807, 2.05) is 43.5 Å². The van der Waals surface area contributed by atoms with Crippen LogP contribution >= 0.6 is 12.2 Å². The number of ether oxygens (including phenoxy) is 2. The summed E-state index contributed by atoms with van der Waals surface area (Å²) in [6, 6.07) is 13.7. The van der Waals surface area contributed by atoms with Crippen molar-refractivity contribution in [3.8, 4) is 17.2 Å². The Morgan fingerprint density at radius 3 is 2.59 bits per heavy atom. The van der Waals surface area contributed by atoms with Crippen LogP contribution < -0.4 is 20.1 Å². The summed E-state index contributed by atoms with van der Waals surface area (Å²) < 4.78 is 12.6. The lowest BCUT2D eigenvalue weighted by atomic mass is 10.1. The van der Waals surface area contributed by atoms with Gasteiger partial charge >= 0.3 is 0 Å². The summed E-state index contributed by atoms with van der Waals surface area (Å²) in [5.74, 6) is 2.26. The van der Waals surface area contributed by atoms with Crippen molar-refractivity contribution in [3.05, 3.63) is 66.2 Å². The summed E-state index contributed by atoms with van der Waals surface area (Å²) in [6.07, 6.45) is 3.75. The molecule has 3 rings (SSSR count). The van der Waals surface area contributed by atoms with Crippen molar-refractivity contribution < 1.29 is 9.47 Å². The van der Waals surface area contributed by atoms with Crippen LogP contribution in [0.25, 0.3) is 5.69 Å². The maximum absolute atomic E-state index is 5.43. The molecule has 0 atom stereocenters. The Kier molecular flexibility index (Phi) is 5.93. The number of hydrogen-bond donors (Lipinski definition) is 2. The van der Waals surface area contributed by atoms with Crippen molar-refractivity contribution in [1.29, 1.82) is 0 Å². The van der Waals surface area contributed by atoms with Gasteiger partial charge in [-0.15, -0.1) is 0 Å². The quantitative estimate of drug-likeness (QED) is 0.634. The molecule has 0 saturated carbocycles. The lowest BCUT2D eigenvalue weighted by molar-refractivity contribution is 0.355. The van der Waals surface area contributed by atoms with Gasteiger partial charge in [0.1, 0.15) is 5.82 Å². The summed E-state index contributed by atoms with van der Waals surface area (Å²) in [5, 5.41) is 6.95. The molecule has 0 unspecified atom stereocenters. The zero-order valence-corrected chi connectivity index (χ0v) is 16.3. The van der Waals surface area contributed by atoms with Gasteiger partial charge in [-0.1, -0.05) is 18.2 Å². The number of imidazole rings is 1. The number of nitrogens with one attached hydrogen (secondary N) is 2. The van der Waals surface area contributed by atoms with E-state index < -0.39 is 0 Å². The molecule has 0 aliphatic rings.